The van der Waals surface area contributed by atoms with Crippen LogP contribution in [0.3, 0.4) is 0 Å². The average molecular weight is 350 g/mol. The molecule has 2 aromatic carbocycles. The van der Waals surface area contributed by atoms with Gasteiger partial charge in [0.2, 0.25) is 0 Å². The van der Waals surface area contributed by atoms with E-state index in [0.717, 1.165) is 11.1 Å². The van der Waals surface area contributed by atoms with E-state index in [1.807, 2.05) is 24.3 Å². The lowest BCUT2D eigenvalue weighted by molar-refractivity contribution is -0.132. The van der Waals surface area contributed by atoms with Gasteiger partial charge in [-0.25, -0.2) is 14.6 Å². The highest BCUT2D eigenvalue weighted by molar-refractivity contribution is 6.02. The lowest BCUT2D eigenvalue weighted by atomic mass is 9.99. The summed E-state index contributed by atoms with van der Waals surface area (Å²) in [6, 6.07) is 12.6. The first-order valence-corrected chi connectivity index (χ1v) is 8.16. The molecule has 0 saturated carbocycles. The number of carbonyl (C=O) groups is 2. The van der Waals surface area contributed by atoms with Crippen molar-refractivity contribution in [3.05, 3.63) is 59.2 Å². The first kappa shape index (κ1) is 17.4. The summed E-state index contributed by atoms with van der Waals surface area (Å²) in [7, 11) is 0. The van der Waals surface area contributed by atoms with Gasteiger partial charge in [-0.15, -0.1) is 0 Å². The molecule has 0 atom stereocenters. The van der Waals surface area contributed by atoms with Crippen molar-refractivity contribution < 1.29 is 19.4 Å². The van der Waals surface area contributed by atoms with Crippen LogP contribution in [0.15, 0.2) is 53.0 Å². The fraction of sp³-hybridized carbons (Fsp3) is 0.150. The Kier molecular flexibility index (Phi) is 4.84. The molecule has 0 unspecified atom stereocenters. The number of amidine groups is 1. The van der Waals surface area contributed by atoms with E-state index in [1.54, 1.807) is 31.2 Å². The molecular formula is C20H18N2O4. The fourth-order valence-electron chi connectivity index (χ4n) is 2.73. The van der Waals surface area contributed by atoms with Crippen molar-refractivity contribution in [1.29, 1.82) is 0 Å². The van der Waals surface area contributed by atoms with E-state index in [9.17, 15) is 14.7 Å². The van der Waals surface area contributed by atoms with Gasteiger partial charge in [0.05, 0.1) is 17.9 Å². The number of carbonyl (C=O) groups excluding carboxylic acids is 1. The highest BCUT2D eigenvalue weighted by Crippen LogP contribution is 2.31. The lowest BCUT2D eigenvalue weighted by Crippen LogP contribution is -2.14. The van der Waals surface area contributed by atoms with Gasteiger partial charge in [-0.1, -0.05) is 18.2 Å². The van der Waals surface area contributed by atoms with Crippen molar-refractivity contribution in [1.82, 2.24) is 0 Å². The van der Waals surface area contributed by atoms with Gasteiger partial charge in [-0.05, 0) is 48.4 Å². The van der Waals surface area contributed by atoms with Crippen LogP contribution in [0.5, 0.6) is 0 Å². The molecule has 0 radical (unpaired) electrons. The minimum atomic E-state index is -1.01. The molecule has 3 rings (SSSR count). The van der Waals surface area contributed by atoms with Crippen molar-refractivity contribution in [2.45, 2.75) is 13.3 Å². The van der Waals surface area contributed by atoms with E-state index in [-0.39, 0.29) is 23.8 Å². The van der Waals surface area contributed by atoms with Crippen molar-refractivity contribution in [2.24, 2.45) is 10.7 Å². The van der Waals surface area contributed by atoms with Gasteiger partial charge in [0.1, 0.15) is 5.84 Å². The molecule has 1 heterocycles. The number of aliphatic imine (C=N–C) groups is 1. The minimum Gasteiger partial charge on any atom is -0.478 e. The Labute approximate surface area is 150 Å². The van der Waals surface area contributed by atoms with Crippen LogP contribution < -0.4 is 5.73 Å². The molecule has 0 saturated heterocycles. The Bertz CT molecular complexity index is 927. The van der Waals surface area contributed by atoms with Gasteiger partial charge in [-0.2, -0.15) is 0 Å². The van der Waals surface area contributed by atoms with Gasteiger partial charge in [0.15, 0.2) is 0 Å². The molecule has 1 aliphatic heterocycles. The van der Waals surface area contributed by atoms with Gasteiger partial charge in [0, 0.05) is 17.6 Å². The molecule has 0 aromatic heterocycles. The second-order valence-corrected chi connectivity index (χ2v) is 5.83. The van der Waals surface area contributed by atoms with E-state index in [4.69, 9.17) is 10.5 Å². The number of nitrogens with two attached hydrogens (primary N) is 1. The third-order valence-electron chi connectivity index (χ3n) is 4.00. The summed E-state index contributed by atoms with van der Waals surface area (Å²) in [5.74, 6) is -1.11. The molecule has 0 fully saturated rings. The van der Waals surface area contributed by atoms with Crippen LogP contribution >= 0.6 is 0 Å². The van der Waals surface area contributed by atoms with Crippen LogP contribution in [0.25, 0.3) is 17.2 Å². The van der Waals surface area contributed by atoms with Crippen molar-refractivity contribution in [2.75, 3.05) is 6.61 Å². The maximum absolute atomic E-state index is 11.7. The monoisotopic (exact) mass is 350 g/mol. The SMILES string of the molecule is CCOC(=O)c1ccc(-c2ccc3c(c2)C=C(C(=O)O)CC(N)=N3)cc1. The highest BCUT2D eigenvalue weighted by Gasteiger charge is 2.15. The van der Waals surface area contributed by atoms with E-state index in [2.05, 4.69) is 4.99 Å². The summed E-state index contributed by atoms with van der Waals surface area (Å²) in [6.45, 7) is 2.09. The second-order valence-electron chi connectivity index (χ2n) is 5.83. The standard InChI is InChI=1S/C20H18N2O4/c1-2-26-20(25)13-5-3-12(4-6-13)14-7-8-17-15(9-14)10-16(19(23)24)11-18(21)22-17/h3-10H,2,11H2,1H3,(H2,21,22)(H,23,24). The van der Waals surface area contributed by atoms with Crippen LogP contribution in [0.1, 0.15) is 29.3 Å². The maximum atomic E-state index is 11.7. The van der Waals surface area contributed by atoms with E-state index >= 15 is 0 Å². The molecule has 0 spiro atoms. The number of aliphatic carboxylic acids is 1. The Morgan fingerprint density at radius 3 is 2.50 bits per heavy atom. The predicted molar refractivity (Wildman–Crippen MR) is 99.3 cm³/mol. The third-order valence-corrected chi connectivity index (χ3v) is 4.00. The summed E-state index contributed by atoms with van der Waals surface area (Å²) in [5.41, 5.74) is 9.58. The van der Waals surface area contributed by atoms with Crippen molar-refractivity contribution in [3.63, 3.8) is 0 Å². The zero-order valence-corrected chi connectivity index (χ0v) is 14.2. The number of hydrogen-bond acceptors (Lipinski definition) is 5. The zero-order valence-electron chi connectivity index (χ0n) is 14.2. The number of nitrogens with zero attached hydrogens (tertiary/aromatic N) is 1. The summed E-state index contributed by atoms with van der Waals surface area (Å²) in [4.78, 5) is 27.4. The quantitative estimate of drug-likeness (QED) is 0.823. The third kappa shape index (κ3) is 3.64. The van der Waals surface area contributed by atoms with E-state index < -0.39 is 5.97 Å². The summed E-state index contributed by atoms with van der Waals surface area (Å²) in [6.07, 6.45) is 1.70. The molecular weight excluding hydrogens is 332 g/mol. The molecule has 0 aliphatic carbocycles. The topological polar surface area (TPSA) is 102 Å². The molecule has 6 nitrogen and oxygen atoms in total. The van der Waals surface area contributed by atoms with Gasteiger partial charge in [-0.3, -0.25) is 0 Å². The molecule has 2 aromatic rings. The number of carboxylic acid groups (broad SMARTS) is 1. The zero-order chi connectivity index (χ0) is 18.7. The number of esters is 1. The highest BCUT2D eigenvalue weighted by atomic mass is 16.5. The number of hydrogen-bond donors (Lipinski definition) is 2. The van der Waals surface area contributed by atoms with Crippen LogP contribution in [-0.4, -0.2) is 29.5 Å². The predicted octanol–water partition coefficient (Wildman–Crippen LogP) is 3.39. The summed E-state index contributed by atoms with van der Waals surface area (Å²) >= 11 is 0. The average Bonchev–Trinajstić information content (AvgIpc) is 2.79. The number of benzene rings is 2. The molecule has 26 heavy (non-hydrogen) atoms. The maximum Gasteiger partial charge on any atom is 0.338 e. The van der Waals surface area contributed by atoms with Gasteiger partial charge in [0.25, 0.3) is 0 Å². The summed E-state index contributed by atoms with van der Waals surface area (Å²) in [5, 5.41) is 9.30. The molecule has 1 aliphatic rings. The van der Waals surface area contributed by atoms with E-state index in [0.29, 0.717) is 23.4 Å². The molecule has 0 amide bonds. The molecule has 0 bridgehead atoms. The fourth-order valence-corrected chi connectivity index (χ4v) is 2.73. The van der Waals surface area contributed by atoms with Crippen LogP contribution in [-0.2, 0) is 9.53 Å². The largest absolute Gasteiger partial charge is 0.478 e. The van der Waals surface area contributed by atoms with Gasteiger partial charge >= 0.3 is 11.9 Å². The second kappa shape index (κ2) is 7.23. The number of fused-ring (bicyclic) bond motifs is 1. The lowest BCUT2D eigenvalue weighted by Gasteiger charge is -2.07. The van der Waals surface area contributed by atoms with Crippen LogP contribution in [0.4, 0.5) is 5.69 Å². The van der Waals surface area contributed by atoms with Crippen molar-refractivity contribution in [3.8, 4) is 11.1 Å². The van der Waals surface area contributed by atoms with Crippen LogP contribution in [0.2, 0.25) is 0 Å². The Morgan fingerprint density at radius 1 is 1.15 bits per heavy atom. The number of rotatable bonds is 4. The number of carboxylic acids is 1. The van der Waals surface area contributed by atoms with Crippen molar-refractivity contribution >= 4 is 29.5 Å². The van der Waals surface area contributed by atoms with Crippen LogP contribution in [0, 0.1) is 0 Å². The van der Waals surface area contributed by atoms with E-state index in [1.165, 1.54) is 0 Å². The first-order chi connectivity index (χ1) is 12.5. The number of ether oxygens (including phenoxy) is 1. The van der Waals surface area contributed by atoms with Gasteiger partial charge < -0.3 is 15.6 Å². The Hall–Kier alpha value is -3.41. The molecule has 6 heteroatoms. The Morgan fingerprint density at radius 2 is 1.85 bits per heavy atom. The smallest absolute Gasteiger partial charge is 0.338 e. The molecule has 132 valence electrons. The normalized spacial score (nSPS) is 13.1. The minimum absolute atomic E-state index is 0.105. The summed E-state index contributed by atoms with van der Waals surface area (Å²) < 4.78 is 4.98. The Balaban J connectivity index is 1.97. The first-order valence-electron chi connectivity index (χ1n) is 8.16. The molecule has 3 N–H and O–H groups in total.